The molecular weight excluding hydrogens is 328 g/mol. The summed E-state index contributed by atoms with van der Waals surface area (Å²) in [4.78, 5) is 27.2. The topological polar surface area (TPSA) is 49.4 Å². The van der Waals surface area contributed by atoms with Crippen LogP contribution < -0.4 is 10.2 Å². The molecule has 2 heterocycles. The average molecular weight is 342 g/mol. The molecule has 1 aromatic carbocycles. The van der Waals surface area contributed by atoms with Gasteiger partial charge in [0.05, 0.1) is 5.69 Å². The summed E-state index contributed by atoms with van der Waals surface area (Å²) < 4.78 is 0. The van der Waals surface area contributed by atoms with Crippen LogP contribution in [-0.2, 0) is 9.59 Å². The van der Waals surface area contributed by atoms with E-state index < -0.39 is 11.8 Å². The summed E-state index contributed by atoms with van der Waals surface area (Å²) in [6, 6.07) is 9.39. The predicted octanol–water partition coefficient (Wildman–Crippen LogP) is 3.20. The number of nitrogens with one attached hydrogen (secondary N) is 1. The first kappa shape index (κ1) is 15.6. The Morgan fingerprint density at radius 3 is 2.65 bits per heavy atom. The van der Waals surface area contributed by atoms with Gasteiger partial charge in [-0.05, 0) is 66.8 Å². The third-order valence-electron chi connectivity index (χ3n) is 3.54. The maximum Gasteiger partial charge on any atom is 0.270 e. The number of thiocarbonyl (C=S) groups is 1. The molecule has 0 saturated carbocycles. The standard InChI is InChI=1S/C17H14N2O2S2/c1-10-4-3-5-12(8-10)19-16(21)13(15(20)18-17(19)22)9-14-11(2)6-7-23-14/h3-9H,1-2H3,(H,18,20,22)/b13-9+. The SMILES string of the molecule is Cc1cccc(N2C(=O)/C(=C/c3sccc3C)C(=O)NC2=S)c1. The Balaban J connectivity index is 2.04. The van der Waals surface area contributed by atoms with Gasteiger partial charge in [0.25, 0.3) is 11.8 Å². The number of carbonyl (C=O) groups is 2. The van der Waals surface area contributed by atoms with Crippen LogP contribution in [0.25, 0.3) is 6.08 Å². The van der Waals surface area contributed by atoms with Crippen molar-refractivity contribution < 1.29 is 9.59 Å². The van der Waals surface area contributed by atoms with Crippen molar-refractivity contribution in [1.82, 2.24) is 5.32 Å². The van der Waals surface area contributed by atoms with E-state index in [2.05, 4.69) is 5.32 Å². The molecule has 0 aliphatic carbocycles. The van der Waals surface area contributed by atoms with Crippen LogP contribution in [-0.4, -0.2) is 16.9 Å². The van der Waals surface area contributed by atoms with Crippen molar-refractivity contribution in [2.45, 2.75) is 13.8 Å². The van der Waals surface area contributed by atoms with Crippen molar-refractivity contribution in [2.24, 2.45) is 0 Å². The van der Waals surface area contributed by atoms with Crippen LogP contribution in [0.1, 0.15) is 16.0 Å². The van der Waals surface area contributed by atoms with Crippen molar-refractivity contribution in [2.75, 3.05) is 4.90 Å². The van der Waals surface area contributed by atoms with Gasteiger partial charge in [-0.1, -0.05) is 12.1 Å². The van der Waals surface area contributed by atoms with Crippen molar-refractivity contribution in [3.05, 3.63) is 57.3 Å². The summed E-state index contributed by atoms with van der Waals surface area (Å²) in [7, 11) is 0. The number of hydrogen-bond donors (Lipinski definition) is 1. The minimum Gasteiger partial charge on any atom is -0.298 e. The van der Waals surface area contributed by atoms with E-state index in [0.29, 0.717) is 5.69 Å². The van der Waals surface area contributed by atoms with Crippen LogP contribution in [0.15, 0.2) is 41.3 Å². The number of aryl methyl sites for hydroxylation is 2. The van der Waals surface area contributed by atoms with E-state index in [0.717, 1.165) is 16.0 Å². The number of nitrogens with zero attached hydrogens (tertiary/aromatic N) is 1. The molecule has 1 saturated heterocycles. The highest BCUT2D eigenvalue weighted by Gasteiger charge is 2.34. The molecule has 23 heavy (non-hydrogen) atoms. The van der Waals surface area contributed by atoms with Crippen LogP contribution in [0.2, 0.25) is 0 Å². The van der Waals surface area contributed by atoms with Gasteiger partial charge in [0, 0.05) is 4.88 Å². The Hall–Kier alpha value is -2.31. The minimum absolute atomic E-state index is 0.0886. The van der Waals surface area contributed by atoms with E-state index in [1.165, 1.54) is 16.2 Å². The summed E-state index contributed by atoms with van der Waals surface area (Å²) in [5.41, 5.74) is 2.77. The maximum absolute atomic E-state index is 12.8. The predicted molar refractivity (Wildman–Crippen MR) is 96.4 cm³/mol. The molecule has 1 aliphatic heterocycles. The molecule has 116 valence electrons. The first-order valence-electron chi connectivity index (χ1n) is 6.99. The second-order valence-electron chi connectivity index (χ2n) is 5.26. The molecule has 0 atom stereocenters. The van der Waals surface area contributed by atoms with Gasteiger partial charge >= 0.3 is 0 Å². The number of benzene rings is 1. The van der Waals surface area contributed by atoms with Gasteiger partial charge in [-0.25, -0.2) is 0 Å². The van der Waals surface area contributed by atoms with Crippen molar-refractivity contribution >= 4 is 52.2 Å². The van der Waals surface area contributed by atoms with Gasteiger partial charge in [-0.2, -0.15) is 0 Å². The van der Waals surface area contributed by atoms with Gasteiger partial charge in [0.1, 0.15) is 5.57 Å². The van der Waals surface area contributed by atoms with Crippen LogP contribution in [0.4, 0.5) is 5.69 Å². The Kier molecular flexibility index (Phi) is 4.11. The van der Waals surface area contributed by atoms with Gasteiger partial charge in [-0.15, -0.1) is 11.3 Å². The van der Waals surface area contributed by atoms with E-state index in [9.17, 15) is 9.59 Å². The van der Waals surface area contributed by atoms with Crippen LogP contribution in [0.3, 0.4) is 0 Å². The minimum atomic E-state index is -0.461. The Morgan fingerprint density at radius 2 is 2.00 bits per heavy atom. The smallest absolute Gasteiger partial charge is 0.270 e. The number of hydrogen-bond acceptors (Lipinski definition) is 4. The van der Waals surface area contributed by atoms with E-state index in [1.54, 1.807) is 12.1 Å². The zero-order valence-electron chi connectivity index (χ0n) is 12.6. The fourth-order valence-electron chi connectivity index (χ4n) is 2.32. The molecule has 3 rings (SSSR count). The lowest BCUT2D eigenvalue weighted by Gasteiger charge is -2.29. The van der Waals surface area contributed by atoms with Crippen molar-refractivity contribution in [3.63, 3.8) is 0 Å². The number of amides is 2. The third-order valence-corrected chi connectivity index (χ3v) is 4.79. The lowest BCUT2D eigenvalue weighted by Crippen LogP contribution is -2.54. The summed E-state index contributed by atoms with van der Waals surface area (Å²) in [6.07, 6.45) is 1.63. The molecule has 0 bridgehead atoms. The summed E-state index contributed by atoms with van der Waals surface area (Å²) in [5.74, 6) is -0.867. The molecular formula is C17H14N2O2S2. The number of anilines is 1. The van der Waals surface area contributed by atoms with E-state index in [1.807, 2.05) is 43.5 Å². The van der Waals surface area contributed by atoms with Crippen LogP contribution in [0, 0.1) is 13.8 Å². The summed E-state index contributed by atoms with van der Waals surface area (Å²) >= 11 is 6.67. The number of carbonyl (C=O) groups excluding carboxylic acids is 2. The first-order chi connectivity index (χ1) is 11.0. The molecule has 0 unspecified atom stereocenters. The molecule has 6 heteroatoms. The molecule has 1 aliphatic rings. The molecule has 2 amide bonds. The second-order valence-corrected chi connectivity index (χ2v) is 6.60. The van der Waals surface area contributed by atoms with Crippen LogP contribution in [0.5, 0.6) is 0 Å². The van der Waals surface area contributed by atoms with Crippen molar-refractivity contribution in [1.29, 1.82) is 0 Å². The fourth-order valence-corrected chi connectivity index (χ4v) is 3.46. The lowest BCUT2D eigenvalue weighted by molar-refractivity contribution is -0.122. The molecule has 0 radical (unpaired) electrons. The third kappa shape index (κ3) is 2.95. The molecule has 1 N–H and O–H groups in total. The van der Waals surface area contributed by atoms with Gasteiger partial charge in [0.2, 0.25) is 0 Å². The first-order valence-corrected chi connectivity index (χ1v) is 8.28. The summed E-state index contributed by atoms with van der Waals surface area (Å²) in [5, 5.41) is 4.62. The molecule has 2 aromatic rings. The highest BCUT2D eigenvalue weighted by molar-refractivity contribution is 7.80. The van der Waals surface area contributed by atoms with E-state index in [-0.39, 0.29) is 10.7 Å². The van der Waals surface area contributed by atoms with Gasteiger partial charge in [-0.3, -0.25) is 19.8 Å². The normalized spacial score (nSPS) is 16.9. The Bertz CT molecular complexity index is 852. The molecule has 1 aromatic heterocycles. The Morgan fingerprint density at radius 1 is 1.22 bits per heavy atom. The van der Waals surface area contributed by atoms with Crippen molar-refractivity contribution in [3.8, 4) is 0 Å². The second kappa shape index (κ2) is 6.06. The highest BCUT2D eigenvalue weighted by Crippen LogP contribution is 2.25. The maximum atomic E-state index is 12.8. The molecule has 1 fully saturated rings. The number of thiophene rings is 1. The largest absolute Gasteiger partial charge is 0.298 e. The van der Waals surface area contributed by atoms with E-state index >= 15 is 0 Å². The van der Waals surface area contributed by atoms with Gasteiger partial charge in [0.15, 0.2) is 5.11 Å². The van der Waals surface area contributed by atoms with Gasteiger partial charge < -0.3 is 0 Å². The molecule has 0 spiro atoms. The van der Waals surface area contributed by atoms with E-state index in [4.69, 9.17) is 12.2 Å². The monoisotopic (exact) mass is 342 g/mol. The quantitative estimate of drug-likeness (QED) is 0.518. The highest BCUT2D eigenvalue weighted by atomic mass is 32.1. The van der Waals surface area contributed by atoms with Crippen LogP contribution >= 0.6 is 23.6 Å². The molecule has 4 nitrogen and oxygen atoms in total. The number of rotatable bonds is 2. The zero-order chi connectivity index (χ0) is 16.6. The Labute approximate surface area is 143 Å². The summed E-state index contributed by atoms with van der Waals surface area (Å²) in [6.45, 7) is 3.88. The average Bonchev–Trinajstić information content (AvgIpc) is 2.88. The zero-order valence-corrected chi connectivity index (χ0v) is 14.3. The lowest BCUT2D eigenvalue weighted by atomic mass is 10.1. The fraction of sp³-hybridized carbons (Fsp3) is 0.118.